The van der Waals surface area contributed by atoms with Crippen molar-refractivity contribution in [3.8, 4) is 22.9 Å². The van der Waals surface area contributed by atoms with Crippen LogP contribution in [0.3, 0.4) is 0 Å². The first-order valence-electron chi connectivity index (χ1n) is 9.70. The molecule has 10 heteroatoms. The summed E-state index contributed by atoms with van der Waals surface area (Å²) in [7, 11) is 1.49. The smallest absolute Gasteiger partial charge is 0.342 e. The van der Waals surface area contributed by atoms with Crippen LogP contribution in [0.25, 0.3) is 17.5 Å². The number of carboxylic acids is 1. The minimum absolute atomic E-state index is 0.0541. The van der Waals surface area contributed by atoms with Gasteiger partial charge in [0.1, 0.15) is 4.91 Å². The van der Waals surface area contributed by atoms with E-state index in [0.29, 0.717) is 51.2 Å². The van der Waals surface area contributed by atoms with Gasteiger partial charge in [0.2, 0.25) is 0 Å². The van der Waals surface area contributed by atoms with Crippen LogP contribution in [0.1, 0.15) is 19.4 Å². The number of rotatable bonds is 9. The fraction of sp³-hybridized carbons (Fsp3) is 0.227. The highest BCUT2D eigenvalue weighted by molar-refractivity contribution is 8.04. The van der Waals surface area contributed by atoms with Crippen LogP contribution in [0.5, 0.6) is 11.5 Å². The van der Waals surface area contributed by atoms with E-state index < -0.39 is 5.97 Å². The number of carbonyl (C=O) groups is 1. The average molecular weight is 494 g/mol. The molecular weight excluding hydrogens is 473 g/mol. The average Bonchev–Trinajstić information content (AvgIpc) is 3.16. The summed E-state index contributed by atoms with van der Waals surface area (Å²) in [5.74, 6) is 0.361. The molecule has 0 fully saturated rings. The summed E-state index contributed by atoms with van der Waals surface area (Å²) in [6.07, 6.45) is 1.51. The maximum absolute atomic E-state index is 12.0. The second-order valence-electron chi connectivity index (χ2n) is 6.44. The van der Waals surface area contributed by atoms with Crippen molar-refractivity contribution in [3.05, 3.63) is 56.9 Å². The van der Waals surface area contributed by atoms with Crippen LogP contribution in [0.2, 0.25) is 10.0 Å². The number of thioether (sulfide) groups is 1. The van der Waals surface area contributed by atoms with Gasteiger partial charge in [0.05, 0.1) is 18.7 Å². The lowest BCUT2D eigenvalue weighted by Crippen LogP contribution is -2.03. The number of hydrogen-bond donors (Lipinski definition) is 1. The molecule has 3 rings (SSSR count). The maximum Gasteiger partial charge on any atom is 0.342 e. The van der Waals surface area contributed by atoms with Crippen molar-refractivity contribution < 1.29 is 19.4 Å². The molecule has 0 aliphatic rings. The third-order valence-electron chi connectivity index (χ3n) is 4.38. The van der Waals surface area contributed by atoms with Crippen molar-refractivity contribution in [1.29, 1.82) is 0 Å². The first-order chi connectivity index (χ1) is 15.4. The molecule has 1 heterocycles. The molecule has 0 radical (unpaired) electrons. The second kappa shape index (κ2) is 10.8. The molecule has 0 saturated carbocycles. The lowest BCUT2D eigenvalue weighted by atomic mass is 10.2. The molecule has 0 aliphatic heterocycles. The first-order valence-corrected chi connectivity index (χ1v) is 11.3. The summed E-state index contributed by atoms with van der Waals surface area (Å²) >= 11 is 13.3. The van der Waals surface area contributed by atoms with E-state index >= 15 is 0 Å². The van der Waals surface area contributed by atoms with Gasteiger partial charge in [0.25, 0.3) is 0 Å². The number of carboxylic acid groups (broad SMARTS) is 1. The Morgan fingerprint density at radius 1 is 1.19 bits per heavy atom. The van der Waals surface area contributed by atoms with Crippen molar-refractivity contribution in [1.82, 2.24) is 14.8 Å². The normalized spacial score (nSPS) is 11.5. The van der Waals surface area contributed by atoms with Crippen LogP contribution >= 0.6 is 35.0 Å². The van der Waals surface area contributed by atoms with Crippen LogP contribution < -0.4 is 9.47 Å². The van der Waals surface area contributed by atoms with Crippen molar-refractivity contribution >= 4 is 47.0 Å². The van der Waals surface area contributed by atoms with Crippen LogP contribution in [-0.4, -0.2) is 39.6 Å². The molecule has 0 atom stereocenters. The molecule has 1 aromatic heterocycles. The van der Waals surface area contributed by atoms with Crippen molar-refractivity contribution in [2.45, 2.75) is 25.5 Å². The molecule has 3 aromatic rings. The van der Waals surface area contributed by atoms with Gasteiger partial charge in [-0.15, -0.1) is 10.2 Å². The van der Waals surface area contributed by atoms with E-state index in [1.165, 1.54) is 13.2 Å². The zero-order valence-electron chi connectivity index (χ0n) is 17.6. The van der Waals surface area contributed by atoms with Gasteiger partial charge in [0.15, 0.2) is 22.5 Å². The molecule has 0 spiro atoms. The monoisotopic (exact) mass is 493 g/mol. The number of nitrogens with zero attached hydrogens (tertiary/aromatic N) is 3. The van der Waals surface area contributed by atoms with Crippen LogP contribution in [-0.2, 0) is 11.3 Å². The van der Waals surface area contributed by atoms with E-state index in [0.717, 1.165) is 17.3 Å². The summed E-state index contributed by atoms with van der Waals surface area (Å²) < 4.78 is 12.7. The fourth-order valence-corrected chi connectivity index (χ4v) is 4.29. The van der Waals surface area contributed by atoms with Gasteiger partial charge in [0, 0.05) is 17.1 Å². The Hall–Kier alpha value is -2.68. The number of benzene rings is 2. The minimum atomic E-state index is -1.10. The topological polar surface area (TPSA) is 86.5 Å². The van der Waals surface area contributed by atoms with E-state index in [2.05, 4.69) is 10.2 Å². The molecule has 1 N–H and O–H groups in total. The van der Waals surface area contributed by atoms with Crippen LogP contribution in [0.15, 0.2) is 46.5 Å². The predicted molar refractivity (Wildman–Crippen MR) is 127 cm³/mol. The first kappa shape index (κ1) is 24.0. The summed E-state index contributed by atoms with van der Waals surface area (Å²) in [6.45, 7) is 4.75. The van der Waals surface area contributed by atoms with Gasteiger partial charge in [-0.1, -0.05) is 23.2 Å². The maximum atomic E-state index is 12.0. The van der Waals surface area contributed by atoms with E-state index in [1.807, 2.05) is 30.5 Å². The summed E-state index contributed by atoms with van der Waals surface area (Å²) in [6, 6.07) is 10.5. The molecule has 0 bridgehead atoms. The summed E-state index contributed by atoms with van der Waals surface area (Å²) in [5, 5.41) is 19.7. The van der Waals surface area contributed by atoms with Crippen molar-refractivity contribution in [2.24, 2.45) is 0 Å². The summed E-state index contributed by atoms with van der Waals surface area (Å²) in [4.78, 5) is 12.0. The number of aromatic nitrogens is 3. The molecule has 32 heavy (non-hydrogen) atoms. The zero-order valence-corrected chi connectivity index (χ0v) is 20.0. The summed E-state index contributed by atoms with van der Waals surface area (Å²) in [5.41, 5.74) is 1.39. The van der Waals surface area contributed by atoms with E-state index in [-0.39, 0.29) is 4.91 Å². The number of aliphatic carboxylic acids is 1. The molecule has 0 saturated heterocycles. The SMILES string of the molecule is CCOc1cc(/C=C(\Sc2nnc(-c3ccc(Cl)cc3)n2CC)C(=O)O)cc(Cl)c1OC. The molecule has 0 amide bonds. The zero-order chi connectivity index (χ0) is 23.3. The third-order valence-corrected chi connectivity index (χ3v) is 5.91. The Morgan fingerprint density at radius 3 is 2.50 bits per heavy atom. The highest BCUT2D eigenvalue weighted by Crippen LogP contribution is 2.38. The Morgan fingerprint density at radius 2 is 1.91 bits per heavy atom. The molecule has 0 aliphatic carbocycles. The molecule has 2 aromatic carbocycles. The van der Waals surface area contributed by atoms with Crippen molar-refractivity contribution in [2.75, 3.05) is 13.7 Å². The lowest BCUT2D eigenvalue weighted by Gasteiger charge is -2.12. The number of methoxy groups -OCH3 is 1. The van der Waals surface area contributed by atoms with Gasteiger partial charge >= 0.3 is 5.97 Å². The fourth-order valence-electron chi connectivity index (χ4n) is 2.98. The van der Waals surface area contributed by atoms with Crippen LogP contribution in [0.4, 0.5) is 0 Å². The quantitative estimate of drug-likeness (QED) is 0.293. The Bertz CT molecular complexity index is 1150. The minimum Gasteiger partial charge on any atom is -0.491 e. The van der Waals surface area contributed by atoms with Gasteiger partial charge in [-0.05, 0) is 73.6 Å². The Balaban J connectivity index is 1.98. The van der Waals surface area contributed by atoms with E-state index in [1.54, 1.807) is 24.3 Å². The third kappa shape index (κ3) is 5.38. The Labute approximate surface area is 200 Å². The van der Waals surface area contributed by atoms with Crippen LogP contribution in [0, 0.1) is 0 Å². The van der Waals surface area contributed by atoms with Gasteiger partial charge < -0.3 is 19.1 Å². The largest absolute Gasteiger partial charge is 0.491 e. The molecule has 7 nitrogen and oxygen atoms in total. The number of ether oxygens (including phenoxy) is 2. The Kier molecular flexibility index (Phi) is 8.06. The van der Waals surface area contributed by atoms with Gasteiger partial charge in [-0.25, -0.2) is 4.79 Å². The number of halogens is 2. The molecular formula is C22H21Cl2N3O4S. The highest BCUT2D eigenvalue weighted by Gasteiger charge is 2.19. The lowest BCUT2D eigenvalue weighted by molar-refractivity contribution is -0.131. The predicted octanol–water partition coefficient (Wildman–Crippen LogP) is 5.90. The standard InChI is InChI=1S/C22H21Cl2N3O4S/c1-4-27-20(14-6-8-15(23)9-7-14)25-26-22(27)32-18(21(28)29)12-13-10-16(24)19(30-3)17(11-13)31-5-2/h6-12H,4-5H2,1-3H3,(H,28,29)/b18-12-. The second-order valence-corrected chi connectivity index (χ2v) is 8.29. The van der Waals surface area contributed by atoms with E-state index in [4.69, 9.17) is 32.7 Å². The number of hydrogen-bond acceptors (Lipinski definition) is 6. The molecule has 168 valence electrons. The van der Waals surface area contributed by atoms with E-state index in [9.17, 15) is 9.90 Å². The highest BCUT2D eigenvalue weighted by atomic mass is 35.5. The van der Waals surface area contributed by atoms with Crippen molar-refractivity contribution in [3.63, 3.8) is 0 Å². The van der Waals surface area contributed by atoms with Gasteiger partial charge in [-0.2, -0.15) is 0 Å². The van der Waals surface area contributed by atoms with Gasteiger partial charge in [-0.3, -0.25) is 0 Å². The molecule has 0 unspecified atom stereocenters.